The average molecular weight is 407 g/mol. The van der Waals surface area contributed by atoms with Gasteiger partial charge in [-0.1, -0.05) is 48.9 Å². The summed E-state index contributed by atoms with van der Waals surface area (Å²) in [4.78, 5) is 2.28. The Labute approximate surface area is 167 Å². The van der Waals surface area contributed by atoms with Crippen LogP contribution in [0.2, 0.25) is 5.02 Å². The van der Waals surface area contributed by atoms with Crippen molar-refractivity contribution in [3.8, 4) is 0 Å². The first-order valence-corrected chi connectivity index (χ1v) is 11.2. The van der Waals surface area contributed by atoms with Gasteiger partial charge >= 0.3 is 0 Å². The Kier molecular flexibility index (Phi) is 6.14. The molecule has 0 bridgehead atoms. The van der Waals surface area contributed by atoms with Crippen LogP contribution < -0.4 is 4.31 Å². The maximum atomic E-state index is 13.2. The van der Waals surface area contributed by atoms with Gasteiger partial charge in [-0.2, -0.15) is 0 Å². The molecule has 27 heavy (non-hydrogen) atoms. The number of nitrogens with zero attached hydrogens (tertiary/aromatic N) is 2. The lowest BCUT2D eigenvalue weighted by Gasteiger charge is -2.29. The lowest BCUT2D eigenvalue weighted by molar-refractivity contribution is 0.262. The molecule has 6 heteroatoms. The Morgan fingerprint density at radius 1 is 1.15 bits per heavy atom. The zero-order chi connectivity index (χ0) is 19.5. The van der Waals surface area contributed by atoms with Crippen molar-refractivity contribution in [1.82, 2.24) is 4.90 Å². The average Bonchev–Trinajstić information content (AvgIpc) is 2.89. The van der Waals surface area contributed by atoms with E-state index in [-0.39, 0.29) is 0 Å². The van der Waals surface area contributed by atoms with Crippen molar-refractivity contribution < 1.29 is 8.42 Å². The summed E-state index contributed by atoms with van der Waals surface area (Å²) in [6.07, 6.45) is 1.27. The molecule has 1 heterocycles. The zero-order valence-electron chi connectivity index (χ0n) is 15.9. The summed E-state index contributed by atoms with van der Waals surface area (Å²) in [5.74, 6) is 0. The van der Waals surface area contributed by atoms with Gasteiger partial charge in [0.15, 0.2) is 0 Å². The summed E-state index contributed by atoms with van der Waals surface area (Å²) in [6, 6.07) is 17.2. The first-order chi connectivity index (χ1) is 12.9. The number of hydrogen-bond acceptors (Lipinski definition) is 3. The third kappa shape index (κ3) is 4.31. The molecule has 0 aliphatic carbocycles. The second-order valence-electron chi connectivity index (χ2n) is 7.36. The van der Waals surface area contributed by atoms with Crippen LogP contribution in [0.3, 0.4) is 0 Å². The minimum Gasteiger partial charge on any atom is -0.299 e. The molecular weight excluding hydrogens is 380 g/mol. The SMILES string of the molecule is CCN(CC[C@]1(C)CCN(c2ccccc2)S1(=O)=O)Cc1cccc(Cl)c1. The number of para-hydroxylation sites is 1. The van der Waals surface area contributed by atoms with Crippen LogP contribution in [0.25, 0.3) is 0 Å². The molecule has 0 aromatic heterocycles. The lowest BCUT2D eigenvalue weighted by Crippen LogP contribution is -2.40. The van der Waals surface area contributed by atoms with Crippen molar-refractivity contribution in [2.24, 2.45) is 0 Å². The molecule has 1 aliphatic rings. The van der Waals surface area contributed by atoms with E-state index in [1.165, 1.54) is 0 Å². The first-order valence-electron chi connectivity index (χ1n) is 9.40. The Morgan fingerprint density at radius 3 is 2.56 bits per heavy atom. The fraction of sp³-hybridized carbons (Fsp3) is 0.429. The smallest absolute Gasteiger partial charge is 0.240 e. The maximum Gasteiger partial charge on any atom is 0.240 e. The van der Waals surface area contributed by atoms with Crippen molar-refractivity contribution in [3.63, 3.8) is 0 Å². The highest BCUT2D eigenvalue weighted by molar-refractivity contribution is 7.94. The third-order valence-electron chi connectivity index (χ3n) is 5.50. The molecular formula is C21H27ClN2O2S. The summed E-state index contributed by atoms with van der Waals surface area (Å²) in [6.45, 7) is 6.91. The van der Waals surface area contributed by atoms with E-state index >= 15 is 0 Å². The van der Waals surface area contributed by atoms with E-state index < -0.39 is 14.8 Å². The van der Waals surface area contributed by atoms with Crippen LogP contribution in [0.5, 0.6) is 0 Å². The van der Waals surface area contributed by atoms with Crippen molar-refractivity contribution in [2.75, 3.05) is 23.9 Å². The van der Waals surface area contributed by atoms with Gasteiger partial charge in [0.05, 0.1) is 10.4 Å². The highest BCUT2D eigenvalue weighted by atomic mass is 35.5. The maximum absolute atomic E-state index is 13.2. The van der Waals surface area contributed by atoms with Crippen molar-refractivity contribution in [1.29, 1.82) is 0 Å². The van der Waals surface area contributed by atoms with E-state index in [2.05, 4.69) is 17.9 Å². The van der Waals surface area contributed by atoms with Crippen LogP contribution in [0.1, 0.15) is 32.3 Å². The molecule has 0 amide bonds. The van der Waals surface area contributed by atoms with Crippen molar-refractivity contribution in [2.45, 2.75) is 38.0 Å². The Balaban J connectivity index is 1.69. The summed E-state index contributed by atoms with van der Waals surface area (Å²) in [7, 11) is -3.38. The minimum absolute atomic E-state index is 0.545. The van der Waals surface area contributed by atoms with Crippen LogP contribution in [0.4, 0.5) is 5.69 Å². The Hall–Kier alpha value is -1.56. The quantitative estimate of drug-likeness (QED) is 0.677. The van der Waals surface area contributed by atoms with Crippen LogP contribution >= 0.6 is 11.6 Å². The summed E-state index contributed by atoms with van der Waals surface area (Å²) in [5.41, 5.74) is 1.90. The highest BCUT2D eigenvalue weighted by Crippen LogP contribution is 2.38. The largest absolute Gasteiger partial charge is 0.299 e. The highest BCUT2D eigenvalue weighted by Gasteiger charge is 2.48. The van der Waals surface area contributed by atoms with Gasteiger partial charge < -0.3 is 0 Å². The predicted molar refractivity (Wildman–Crippen MR) is 113 cm³/mol. The summed E-state index contributed by atoms with van der Waals surface area (Å²) >= 11 is 6.08. The van der Waals surface area contributed by atoms with Crippen LogP contribution in [0.15, 0.2) is 54.6 Å². The second-order valence-corrected chi connectivity index (χ2v) is 10.2. The van der Waals surface area contributed by atoms with Gasteiger partial charge in [-0.05, 0) is 56.1 Å². The monoisotopic (exact) mass is 406 g/mol. The fourth-order valence-electron chi connectivity index (χ4n) is 3.61. The van der Waals surface area contributed by atoms with E-state index in [4.69, 9.17) is 11.6 Å². The number of benzene rings is 2. The lowest BCUT2D eigenvalue weighted by atomic mass is 10.0. The molecule has 0 unspecified atom stereocenters. The van der Waals surface area contributed by atoms with Crippen LogP contribution in [-0.4, -0.2) is 37.7 Å². The van der Waals surface area contributed by atoms with Gasteiger partial charge in [-0.3, -0.25) is 9.21 Å². The van der Waals surface area contributed by atoms with Gasteiger partial charge in [-0.25, -0.2) is 8.42 Å². The molecule has 146 valence electrons. The number of halogens is 1. The van der Waals surface area contributed by atoms with Crippen molar-refractivity contribution in [3.05, 3.63) is 65.2 Å². The number of rotatable bonds is 7. The van der Waals surface area contributed by atoms with Gasteiger partial charge in [-0.15, -0.1) is 0 Å². The molecule has 0 spiro atoms. The standard InChI is InChI=1S/C21H27ClN2O2S/c1-3-23(17-18-8-7-9-19(22)16-18)14-12-21(2)13-15-24(27(21,25)26)20-10-5-4-6-11-20/h4-11,16H,3,12-15,17H2,1-2H3/t21-/m1/s1. The molecule has 4 nitrogen and oxygen atoms in total. The third-order valence-corrected chi connectivity index (χ3v) is 8.36. The number of anilines is 1. The molecule has 2 aromatic rings. The second kappa shape index (κ2) is 8.21. The van der Waals surface area contributed by atoms with E-state index in [9.17, 15) is 8.42 Å². The molecule has 1 fully saturated rings. The van der Waals surface area contributed by atoms with E-state index in [1.54, 1.807) is 4.31 Å². The first kappa shape index (κ1) is 20.2. The normalized spacial score (nSPS) is 21.7. The summed E-state index contributed by atoms with van der Waals surface area (Å²) in [5, 5.41) is 0.729. The van der Waals surface area contributed by atoms with Gasteiger partial charge in [0.1, 0.15) is 0 Å². The predicted octanol–water partition coefficient (Wildman–Crippen LogP) is 4.55. The molecule has 3 rings (SSSR count). The Bertz CT molecular complexity index is 873. The van der Waals surface area contributed by atoms with Gasteiger partial charge in [0, 0.05) is 24.7 Å². The fourth-order valence-corrected chi connectivity index (χ4v) is 5.78. The van der Waals surface area contributed by atoms with Crippen LogP contribution in [0, 0.1) is 0 Å². The molecule has 0 radical (unpaired) electrons. The molecule has 0 N–H and O–H groups in total. The zero-order valence-corrected chi connectivity index (χ0v) is 17.5. The van der Waals surface area contributed by atoms with E-state index in [1.807, 2.05) is 55.5 Å². The van der Waals surface area contributed by atoms with Gasteiger partial charge in [0.25, 0.3) is 0 Å². The minimum atomic E-state index is -3.38. The molecule has 2 aromatic carbocycles. The summed E-state index contributed by atoms with van der Waals surface area (Å²) < 4.78 is 27.3. The molecule has 1 saturated heterocycles. The van der Waals surface area contributed by atoms with E-state index in [0.29, 0.717) is 19.4 Å². The number of sulfonamides is 1. The number of hydrogen-bond donors (Lipinski definition) is 0. The van der Waals surface area contributed by atoms with Crippen LogP contribution in [-0.2, 0) is 16.6 Å². The molecule has 1 atom stereocenters. The van der Waals surface area contributed by atoms with E-state index in [0.717, 1.165) is 35.9 Å². The topological polar surface area (TPSA) is 40.6 Å². The molecule has 0 saturated carbocycles. The molecule has 1 aliphatic heterocycles. The van der Waals surface area contributed by atoms with Crippen molar-refractivity contribution >= 4 is 27.3 Å². The van der Waals surface area contributed by atoms with Gasteiger partial charge in [0.2, 0.25) is 10.0 Å². The Morgan fingerprint density at radius 2 is 1.89 bits per heavy atom.